The van der Waals surface area contributed by atoms with Crippen LogP contribution < -0.4 is 16.8 Å². The molecule has 17 heavy (non-hydrogen) atoms. The summed E-state index contributed by atoms with van der Waals surface area (Å²) in [7, 11) is 0. The zero-order chi connectivity index (χ0) is 13.9. The number of hydrogen-bond donors (Lipinski definition) is 4. The summed E-state index contributed by atoms with van der Waals surface area (Å²) in [4.78, 5) is 23.1. The van der Waals surface area contributed by atoms with E-state index in [-0.39, 0.29) is 5.84 Å². The second-order valence-corrected chi connectivity index (χ2v) is 4.61. The van der Waals surface area contributed by atoms with Crippen molar-refractivity contribution in [2.24, 2.45) is 22.0 Å². The molecule has 0 aliphatic carbocycles. The minimum Gasteiger partial charge on any atom is -0.409 e. The molecule has 0 aromatic heterocycles. The zero-order valence-electron chi connectivity index (χ0n) is 10.6. The quantitative estimate of drug-likeness (QED) is 0.225. The third kappa shape index (κ3) is 3.08. The normalized spacial score (nSPS) is 16.1. The van der Waals surface area contributed by atoms with Gasteiger partial charge in [-0.05, 0) is 27.2 Å². The Bertz CT molecular complexity index is 351. The van der Waals surface area contributed by atoms with Crippen LogP contribution in [0.15, 0.2) is 5.16 Å². The Labute approximate surface area is 100 Å². The largest absolute Gasteiger partial charge is 0.409 e. The third-order valence-electron chi connectivity index (χ3n) is 2.92. The molecule has 0 radical (unpaired) electrons. The van der Waals surface area contributed by atoms with Gasteiger partial charge in [-0.15, -0.1) is 0 Å². The van der Waals surface area contributed by atoms with E-state index in [4.69, 9.17) is 16.7 Å². The first-order valence-corrected chi connectivity index (χ1v) is 5.22. The van der Waals surface area contributed by atoms with Crippen LogP contribution in [-0.4, -0.2) is 28.4 Å². The van der Waals surface area contributed by atoms with Crippen LogP contribution in [0.4, 0.5) is 0 Å². The first kappa shape index (κ1) is 15.2. The van der Waals surface area contributed by atoms with Crippen LogP contribution in [0.2, 0.25) is 0 Å². The molecule has 7 heteroatoms. The number of primary amides is 1. The molecule has 0 spiro atoms. The lowest BCUT2D eigenvalue weighted by Crippen LogP contribution is -2.58. The number of nitrogens with two attached hydrogens (primary N) is 2. The Morgan fingerprint density at radius 2 is 1.76 bits per heavy atom. The lowest BCUT2D eigenvalue weighted by atomic mass is 9.84. The van der Waals surface area contributed by atoms with Gasteiger partial charge in [-0.2, -0.15) is 0 Å². The predicted molar refractivity (Wildman–Crippen MR) is 63.2 cm³/mol. The second-order valence-electron chi connectivity index (χ2n) is 4.61. The molecule has 0 bridgehead atoms. The Kier molecular flexibility index (Phi) is 4.50. The van der Waals surface area contributed by atoms with Gasteiger partial charge in [0.1, 0.15) is 11.0 Å². The highest BCUT2D eigenvalue weighted by molar-refractivity contribution is 6.07. The van der Waals surface area contributed by atoms with E-state index in [1.165, 1.54) is 20.8 Å². The standard InChI is InChI=1S/C10H20N4O3/c1-5-10(4,6(11)14-17)8(16)13-9(2,3)7(12)15/h17H,5H2,1-4H3,(H2,11,14)(H2,12,15)(H,13,16). The molecule has 6 N–H and O–H groups in total. The van der Waals surface area contributed by atoms with Gasteiger partial charge in [0.2, 0.25) is 11.8 Å². The molecular formula is C10H20N4O3. The number of oxime groups is 1. The van der Waals surface area contributed by atoms with Gasteiger partial charge >= 0.3 is 0 Å². The van der Waals surface area contributed by atoms with Crippen LogP contribution in [0, 0.1) is 5.41 Å². The van der Waals surface area contributed by atoms with E-state index < -0.39 is 22.8 Å². The molecule has 0 aliphatic rings. The summed E-state index contributed by atoms with van der Waals surface area (Å²) in [5.41, 5.74) is 8.26. The maximum atomic E-state index is 12.0. The monoisotopic (exact) mass is 244 g/mol. The maximum absolute atomic E-state index is 12.0. The second kappa shape index (κ2) is 5.03. The molecule has 0 rings (SSSR count). The lowest BCUT2D eigenvalue weighted by molar-refractivity contribution is -0.134. The van der Waals surface area contributed by atoms with E-state index in [0.717, 1.165) is 0 Å². The van der Waals surface area contributed by atoms with E-state index in [2.05, 4.69) is 10.5 Å². The summed E-state index contributed by atoms with van der Waals surface area (Å²) in [6, 6.07) is 0. The topological polar surface area (TPSA) is 131 Å². The SMILES string of the molecule is CCC(C)(C(=O)NC(C)(C)C(N)=O)C(N)=NO. The smallest absolute Gasteiger partial charge is 0.242 e. The van der Waals surface area contributed by atoms with Crippen LogP contribution in [0.5, 0.6) is 0 Å². The molecule has 0 saturated heterocycles. The summed E-state index contributed by atoms with van der Waals surface area (Å²) >= 11 is 0. The summed E-state index contributed by atoms with van der Waals surface area (Å²) in [5.74, 6) is -1.39. The molecule has 7 nitrogen and oxygen atoms in total. The van der Waals surface area contributed by atoms with Gasteiger partial charge in [0.25, 0.3) is 0 Å². The average molecular weight is 244 g/mol. The number of nitrogens with zero attached hydrogens (tertiary/aromatic N) is 1. The van der Waals surface area contributed by atoms with Gasteiger partial charge in [0.05, 0.1) is 0 Å². The summed E-state index contributed by atoms with van der Waals surface area (Å²) < 4.78 is 0. The van der Waals surface area contributed by atoms with E-state index in [0.29, 0.717) is 6.42 Å². The fourth-order valence-electron chi connectivity index (χ4n) is 1.05. The summed E-state index contributed by atoms with van der Waals surface area (Å²) in [6.45, 7) is 6.20. The average Bonchev–Trinajstić information content (AvgIpc) is 2.25. The molecular weight excluding hydrogens is 224 g/mol. The molecule has 0 saturated carbocycles. The number of nitrogens with one attached hydrogen (secondary N) is 1. The zero-order valence-corrected chi connectivity index (χ0v) is 10.6. The molecule has 2 amide bonds. The van der Waals surface area contributed by atoms with Gasteiger partial charge in [0, 0.05) is 0 Å². The van der Waals surface area contributed by atoms with Crippen molar-refractivity contribution in [3.63, 3.8) is 0 Å². The predicted octanol–water partition coefficient (Wildman–Crippen LogP) is -0.471. The van der Waals surface area contributed by atoms with Crippen molar-refractivity contribution < 1.29 is 14.8 Å². The molecule has 0 aromatic carbocycles. The number of rotatable bonds is 5. The Balaban J connectivity index is 5.11. The van der Waals surface area contributed by atoms with Crippen LogP contribution in [0.3, 0.4) is 0 Å². The number of amides is 2. The van der Waals surface area contributed by atoms with Crippen LogP contribution >= 0.6 is 0 Å². The third-order valence-corrected chi connectivity index (χ3v) is 2.92. The summed E-state index contributed by atoms with van der Waals surface area (Å²) in [5, 5.41) is 14.0. The Morgan fingerprint density at radius 3 is 2.06 bits per heavy atom. The fraction of sp³-hybridized carbons (Fsp3) is 0.700. The van der Waals surface area contributed by atoms with E-state index in [1.54, 1.807) is 6.92 Å². The van der Waals surface area contributed by atoms with Crippen molar-refractivity contribution in [3.05, 3.63) is 0 Å². The molecule has 1 atom stereocenters. The van der Waals surface area contributed by atoms with Crippen molar-refractivity contribution >= 4 is 17.6 Å². The molecule has 1 unspecified atom stereocenters. The molecule has 0 fully saturated rings. The Hall–Kier alpha value is -1.79. The van der Waals surface area contributed by atoms with Crippen molar-refractivity contribution in [2.75, 3.05) is 0 Å². The van der Waals surface area contributed by atoms with Crippen molar-refractivity contribution in [1.29, 1.82) is 0 Å². The summed E-state index contributed by atoms with van der Waals surface area (Å²) in [6.07, 6.45) is 0.323. The maximum Gasteiger partial charge on any atom is 0.242 e. The van der Waals surface area contributed by atoms with Crippen molar-refractivity contribution in [3.8, 4) is 0 Å². The van der Waals surface area contributed by atoms with Crippen LogP contribution in [0.1, 0.15) is 34.1 Å². The first-order chi connectivity index (χ1) is 7.61. The Morgan fingerprint density at radius 1 is 1.29 bits per heavy atom. The van der Waals surface area contributed by atoms with E-state index in [1.807, 2.05) is 0 Å². The van der Waals surface area contributed by atoms with E-state index >= 15 is 0 Å². The van der Waals surface area contributed by atoms with Gasteiger partial charge in [-0.1, -0.05) is 12.1 Å². The lowest BCUT2D eigenvalue weighted by Gasteiger charge is -2.30. The van der Waals surface area contributed by atoms with Gasteiger partial charge in [-0.25, -0.2) is 0 Å². The highest BCUT2D eigenvalue weighted by Gasteiger charge is 2.40. The molecule has 0 heterocycles. The number of amidine groups is 1. The van der Waals surface area contributed by atoms with Gasteiger partial charge < -0.3 is 22.0 Å². The van der Waals surface area contributed by atoms with Crippen molar-refractivity contribution in [1.82, 2.24) is 5.32 Å². The number of carbonyl (C=O) groups excluding carboxylic acids is 2. The number of carbonyl (C=O) groups is 2. The van der Waals surface area contributed by atoms with E-state index in [9.17, 15) is 9.59 Å². The molecule has 98 valence electrons. The minimum absolute atomic E-state index is 0.210. The highest BCUT2D eigenvalue weighted by atomic mass is 16.4. The van der Waals surface area contributed by atoms with Crippen LogP contribution in [0.25, 0.3) is 0 Å². The number of hydrogen-bond acceptors (Lipinski definition) is 4. The highest BCUT2D eigenvalue weighted by Crippen LogP contribution is 2.22. The van der Waals surface area contributed by atoms with Crippen molar-refractivity contribution in [2.45, 2.75) is 39.7 Å². The minimum atomic E-state index is -1.19. The molecule has 0 aliphatic heterocycles. The fourth-order valence-corrected chi connectivity index (χ4v) is 1.05. The molecule has 0 aromatic rings. The first-order valence-electron chi connectivity index (χ1n) is 5.22. The van der Waals surface area contributed by atoms with Gasteiger partial charge in [-0.3, -0.25) is 9.59 Å². The van der Waals surface area contributed by atoms with Gasteiger partial charge in [0.15, 0.2) is 5.84 Å². The van der Waals surface area contributed by atoms with Crippen LogP contribution in [-0.2, 0) is 9.59 Å².